The molecule has 0 aliphatic heterocycles. The molecule has 4 nitrogen and oxygen atoms in total. The normalized spacial score (nSPS) is 16.3. The molecular formula is C15H19NO3S. The van der Waals surface area contributed by atoms with Gasteiger partial charge in [0.15, 0.2) is 0 Å². The van der Waals surface area contributed by atoms with Crippen molar-refractivity contribution >= 4 is 10.0 Å². The van der Waals surface area contributed by atoms with Crippen molar-refractivity contribution in [2.75, 3.05) is 13.2 Å². The molecule has 5 heteroatoms. The minimum atomic E-state index is -3.56. The van der Waals surface area contributed by atoms with Gasteiger partial charge >= 0.3 is 0 Å². The number of hydrogen-bond donors (Lipinski definition) is 2. The minimum Gasteiger partial charge on any atom is -0.384 e. The number of nitrogens with one attached hydrogen (secondary N) is 1. The molecule has 108 valence electrons. The average Bonchev–Trinajstić information content (AvgIpc) is 3.27. The van der Waals surface area contributed by atoms with Crippen LogP contribution in [-0.4, -0.2) is 26.7 Å². The van der Waals surface area contributed by atoms with E-state index >= 15 is 0 Å². The minimum absolute atomic E-state index is 0.170. The number of aliphatic hydroxyl groups excluding tert-OH is 1. The Balaban J connectivity index is 2.15. The first kappa shape index (κ1) is 15.0. The summed E-state index contributed by atoms with van der Waals surface area (Å²) >= 11 is 0. The zero-order valence-electron chi connectivity index (χ0n) is 11.5. The van der Waals surface area contributed by atoms with Crippen molar-refractivity contribution in [3.05, 3.63) is 29.8 Å². The highest BCUT2D eigenvalue weighted by molar-refractivity contribution is 7.89. The van der Waals surface area contributed by atoms with Crippen LogP contribution in [0.15, 0.2) is 29.2 Å². The lowest BCUT2D eigenvalue weighted by molar-refractivity contribution is 0.350. The molecule has 1 unspecified atom stereocenters. The van der Waals surface area contributed by atoms with Gasteiger partial charge in [-0.1, -0.05) is 30.9 Å². The zero-order chi connectivity index (χ0) is 14.6. The molecule has 1 saturated carbocycles. The summed E-state index contributed by atoms with van der Waals surface area (Å²) in [5, 5.41) is 8.73. The van der Waals surface area contributed by atoms with Gasteiger partial charge in [-0.3, -0.25) is 0 Å². The summed E-state index contributed by atoms with van der Waals surface area (Å²) in [6.07, 6.45) is 2.39. The van der Waals surface area contributed by atoms with E-state index in [1.165, 1.54) is 18.9 Å². The Morgan fingerprint density at radius 2 is 2.10 bits per heavy atom. The first-order valence-electron chi connectivity index (χ1n) is 6.73. The molecule has 0 aromatic heterocycles. The molecule has 1 atom stereocenters. The first-order valence-corrected chi connectivity index (χ1v) is 8.21. The Bertz CT molecular complexity index is 624. The first-order chi connectivity index (χ1) is 9.54. The van der Waals surface area contributed by atoms with Gasteiger partial charge in [0.25, 0.3) is 0 Å². The smallest absolute Gasteiger partial charge is 0.241 e. The predicted octanol–water partition coefficient (Wildman–Crippen LogP) is 1.35. The third-order valence-corrected chi connectivity index (χ3v) is 4.98. The highest BCUT2D eigenvalue weighted by Gasteiger charge is 2.29. The lowest BCUT2D eigenvalue weighted by atomic mass is 10.1. The largest absolute Gasteiger partial charge is 0.384 e. The van der Waals surface area contributed by atoms with Crippen LogP contribution in [0.3, 0.4) is 0 Å². The van der Waals surface area contributed by atoms with Gasteiger partial charge in [0.2, 0.25) is 10.0 Å². The molecule has 2 N–H and O–H groups in total. The molecule has 0 amide bonds. The molecule has 20 heavy (non-hydrogen) atoms. The fraction of sp³-hybridized carbons (Fsp3) is 0.467. The molecule has 1 aliphatic rings. The van der Waals surface area contributed by atoms with Gasteiger partial charge in [-0.25, -0.2) is 13.1 Å². The molecule has 0 saturated heterocycles. The van der Waals surface area contributed by atoms with E-state index in [2.05, 4.69) is 23.5 Å². The second-order valence-electron chi connectivity index (χ2n) is 5.12. The van der Waals surface area contributed by atoms with Gasteiger partial charge in [0.05, 0.1) is 4.90 Å². The Hall–Kier alpha value is -1.35. The van der Waals surface area contributed by atoms with E-state index in [-0.39, 0.29) is 11.5 Å². The molecule has 2 rings (SSSR count). The quantitative estimate of drug-likeness (QED) is 0.806. The Labute approximate surface area is 120 Å². The SMILES string of the molecule is CC(CNS(=O)(=O)c1ccccc1C#CCO)C1CC1. The molecule has 0 radical (unpaired) electrons. The van der Waals surface area contributed by atoms with Crippen molar-refractivity contribution < 1.29 is 13.5 Å². The average molecular weight is 293 g/mol. The van der Waals surface area contributed by atoms with Crippen molar-refractivity contribution in [1.29, 1.82) is 0 Å². The van der Waals surface area contributed by atoms with Crippen LogP contribution in [0.2, 0.25) is 0 Å². The Kier molecular flexibility index (Phi) is 4.81. The number of hydrogen-bond acceptors (Lipinski definition) is 3. The van der Waals surface area contributed by atoms with Crippen molar-refractivity contribution in [3.8, 4) is 11.8 Å². The van der Waals surface area contributed by atoms with Gasteiger partial charge in [-0.05, 0) is 36.8 Å². The third kappa shape index (κ3) is 3.83. The van der Waals surface area contributed by atoms with Crippen LogP contribution in [0, 0.1) is 23.7 Å². The topological polar surface area (TPSA) is 66.4 Å². The van der Waals surface area contributed by atoms with Crippen molar-refractivity contribution in [2.45, 2.75) is 24.7 Å². The second kappa shape index (κ2) is 6.40. The van der Waals surface area contributed by atoms with Gasteiger partial charge in [0, 0.05) is 12.1 Å². The van der Waals surface area contributed by atoms with Gasteiger partial charge in [0.1, 0.15) is 6.61 Å². The second-order valence-corrected chi connectivity index (χ2v) is 6.86. The van der Waals surface area contributed by atoms with Crippen LogP contribution >= 0.6 is 0 Å². The third-order valence-electron chi connectivity index (χ3n) is 3.50. The number of benzene rings is 1. The molecule has 0 spiro atoms. The van der Waals surface area contributed by atoms with Crippen LogP contribution in [0.5, 0.6) is 0 Å². The van der Waals surface area contributed by atoms with Gasteiger partial charge < -0.3 is 5.11 Å². The van der Waals surface area contributed by atoms with E-state index in [1.807, 2.05) is 0 Å². The summed E-state index contributed by atoms with van der Waals surface area (Å²) in [5.74, 6) is 6.17. The summed E-state index contributed by atoms with van der Waals surface area (Å²) in [5.41, 5.74) is 0.410. The summed E-state index contributed by atoms with van der Waals surface area (Å²) in [7, 11) is -3.56. The molecule has 1 aromatic rings. The van der Waals surface area contributed by atoms with E-state index in [0.717, 1.165) is 0 Å². The zero-order valence-corrected chi connectivity index (χ0v) is 12.3. The van der Waals surface area contributed by atoms with Crippen LogP contribution < -0.4 is 4.72 Å². The Morgan fingerprint density at radius 3 is 2.75 bits per heavy atom. The van der Waals surface area contributed by atoms with Crippen molar-refractivity contribution in [2.24, 2.45) is 11.8 Å². The highest BCUT2D eigenvalue weighted by atomic mass is 32.2. The van der Waals surface area contributed by atoms with Crippen molar-refractivity contribution in [3.63, 3.8) is 0 Å². The fourth-order valence-corrected chi connectivity index (χ4v) is 3.39. The number of aliphatic hydroxyl groups is 1. The predicted molar refractivity (Wildman–Crippen MR) is 77.5 cm³/mol. The molecule has 1 aliphatic carbocycles. The van der Waals surface area contributed by atoms with E-state index in [1.54, 1.807) is 18.2 Å². The van der Waals surface area contributed by atoms with Crippen LogP contribution in [0.1, 0.15) is 25.3 Å². The fourth-order valence-electron chi connectivity index (χ4n) is 2.09. The molecule has 1 fully saturated rings. The Morgan fingerprint density at radius 1 is 1.40 bits per heavy atom. The molecular weight excluding hydrogens is 274 g/mol. The summed E-state index contributed by atoms with van der Waals surface area (Å²) in [6.45, 7) is 2.23. The maximum absolute atomic E-state index is 12.3. The molecule has 0 heterocycles. The molecule has 0 bridgehead atoms. The van der Waals surface area contributed by atoms with Crippen LogP contribution in [0.4, 0.5) is 0 Å². The molecule has 1 aromatic carbocycles. The number of rotatable bonds is 5. The van der Waals surface area contributed by atoms with Crippen molar-refractivity contribution in [1.82, 2.24) is 4.72 Å². The lowest BCUT2D eigenvalue weighted by Crippen LogP contribution is -2.29. The van der Waals surface area contributed by atoms with E-state index < -0.39 is 10.0 Å². The highest BCUT2D eigenvalue weighted by Crippen LogP contribution is 2.36. The summed E-state index contributed by atoms with van der Waals surface area (Å²) in [6, 6.07) is 6.57. The summed E-state index contributed by atoms with van der Waals surface area (Å²) < 4.78 is 27.3. The lowest BCUT2D eigenvalue weighted by Gasteiger charge is -2.12. The van der Waals surface area contributed by atoms with E-state index in [4.69, 9.17) is 5.11 Å². The van der Waals surface area contributed by atoms with E-state index in [9.17, 15) is 8.42 Å². The van der Waals surface area contributed by atoms with Crippen LogP contribution in [-0.2, 0) is 10.0 Å². The van der Waals surface area contributed by atoms with E-state index in [0.29, 0.717) is 23.9 Å². The number of sulfonamides is 1. The maximum Gasteiger partial charge on any atom is 0.241 e. The maximum atomic E-state index is 12.3. The van der Waals surface area contributed by atoms with Gasteiger partial charge in [-0.2, -0.15) is 0 Å². The van der Waals surface area contributed by atoms with Gasteiger partial charge in [-0.15, -0.1) is 0 Å². The monoisotopic (exact) mass is 293 g/mol. The van der Waals surface area contributed by atoms with Crippen LogP contribution in [0.25, 0.3) is 0 Å². The standard InChI is InChI=1S/C15H19NO3S/c1-12(13-8-9-13)11-16-20(18,19)15-7-3-2-5-14(15)6-4-10-17/h2-3,5,7,12-13,16-17H,8-11H2,1H3. The summed E-state index contributed by atoms with van der Waals surface area (Å²) in [4.78, 5) is 0.170.